The van der Waals surface area contributed by atoms with Gasteiger partial charge in [0.05, 0.1) is 18.1 Å². The lowest BCUT2D eigenvalue weighted by molar-refractivity contribution is -0.145. The molecule has 3 heterocycles. The van der Waals surface area contributed by atoms with Gasteiger partial charge in [0.2, 0.25) is 11.0 Å². The Morgan fingerprint density at radius 2 is 2.10 bits per heavy atom. The van der Waals surface area contributed by atoms with Crippen molar-refractivity contribution in [2.24, 2.45) is 11.8 Å². The number of ether oxygens (including phenoxy) is 1. The van der Waals surface area contributed by atoms with Crippen LogP contribution in [0.3, 0.4) is 0 Å². The summed E-state index contributed by atoms with van der Waals surface area (Å²) < 4.78 is 6.24. The Labute approximate surface area is 128 Å². The van der Waals surface area contributed by atoms with Gasteiger partial charge in [-0.15, -0.1) is 10.2 Å². The molecule has 4 atom stereocenters. The van der Waals surface area contributed by atoms with Gasteiger partial charge in [-0.25, -0.2) is 0 Å². The van der Waals surface area contributed by atoms with Gasteiger partial charge in [0.1, 0.15) is 5.92 Å². The van der Waals surface area contributed by atoms with Crippen LogP contribution in [0.4, 0.5) is 5.13 Å². The number of hydrogen-bond donors (Lipinski definition) is 2. The molecule has 1 amide bonds. The number of carboxylic acid groups (broad SMARTS) is 1. The number of carbonyl (C=O) groups excluding carboxylic acids is 1. The van der Waals surface area contributed by atoms with E-state index in [2.05, 4.69) is 15.5 Å². The second-order valence-corrected chi connectivity index (χ2v) is 7.12. The summed E-state index contributed by atoms with van der Waals surface area (Å²) >= 11 is 2.81. The van der Waals surface area contributed by atoms with Crippen LogP contribution in [-0.4, -0.2) is 45.1 Å². The lowest BCUT2D eigenvalue weighted by Crippen LogP contribution is -2.39. The molecule has 112 valence electrons. The second-order valence-electron chi connectivity index (χ2n) is 4.64. The molecule has 0 radical (unpaired) electrons. The quantitative estimate of drug-likeness (QED) is 0.476. The van der Waals surface area contributed by atoms with Crippen LogP contribution in [-0.2, 0) is 14.3 Å². The molecule has 2 N–H and O–H groups in total. The zero-order valence-corrected chi connectivity index (χ0v) is 12.7. The van der Waals surface area contributed by atoms with Gasteiger partial charge in [0, 0.05) is 0 Å². The average molecular weight is 327 g/mol. The number of carboxylic acids is 1. The first-order chi connectivity index (χ1) is 10.1. The molecule has 1 aromatic rings. The number of nitrogens with zero attached hydrogens (tertiary/aromatic N) is 2. The summed E-state index contributed by atoms with van der Waals surface area (Å²) in [5, 5.41) is 20.1. The van der Waals surface area contributed by atoms with Gasteiger partial charge in [-0.05, 0) is 5.75 Å². The first kappa shape index (κ1) is 14.5. The maximum absolute atomic E-state index is 12.3. The normalized spacial score (nSPS) is 29.8. The lowest BCUT2D eigenvalue weighted by atomic mass is 9.82. The number of aliphatic carboxylic acids is 1. The third kappa shape index (κ3) is 2.68. The highest BCUT2D eigenvalue weighted by Gasteiger charge is 2.53. The van der Waals surface area contributed by atoms with Gasteiger partial charge in [-0.3, -0.25) is 9.59 Å². The highest BCUT2D eigenvalue weighted by Crippen LogP contribution is 2.40. The minimum atomic E-state index is -1.02. The molecule has 3 rings (SSSR count). The van der Waals surface area contributed by atoms with Crippen molar-refractivity contribution in [2.75, 3.05) is 11.1 Å². The molecular weight excluding hydrogens is 314 g/mol. The van der Waals surface area contributed by atoms with Gasteiger partial charge in [-0.1, -0.05) is 42.2 Å². The SMILES string of the molecule is CCSc1nnc(NC(=O)C2C3C=CC(O3)C2C(=O)O)s1. The fourth-order valence-electron chi connectivity index (χ4n) is 2.55. The molecule has 1 fully saturated rings. The number of aromatic nitrogens is 2. The fraction of sp³-hybridized carbons (Fsp3) is 0.500. The van der Waals surface area contributed by atoms with E-state index in [0.29, 0.717) is 5.13 Å². The highest BCUT2D eigenvalue weighted by atomic mass is 32.2. The van der Waals surface area contributed by atoms with Crippen molar-refractivity contribution in [1.29, 1.82) is 0 Å². The molecule has 9 heteroatoms. The molecular formula is C12H13N3O4S2. The fourth-order valence-corrected chi connectivity index (χ4v) is 4.20. The number of carbonyl (C=O) groups is 2. The van der Waals surface area contributed by atoms with Crippen LogP contribution in [0, 0.1) is 11.8 Å². The first-order valence-electron chi connectivity index (χ1n) is 6.44. The molecule has 0 spiro atoms. The molecule has 1 aromatic heterocycles. The number of thioether (sulfide) groups is 1. The Morgan fingerprint density at radius 3 is 2.76 bits per heavy atom. The van der Waals surface area contributed by atoms with Crippen LogP contribution in [0.1, 0.15) is 6.92 Å². The smallest absolute Gasteiger partial charge is 0.310 e. The predicted molar refractivity (Wildman–Crippen MR) is 77.4 cm³/mol. The Kier molecular flexibility index (Phi) is 3.96. The van der Waals surface area contributed by atoms with Gasteiger partial charge < -0.3 is 15.2 Å². The van der Waals surface area contributed by atoms with Crippen molar-refractivity contribution in [2.45, 2.75) is 23.5 Å². The average Bonchev–Trinajstić information content (AvgIpc) is 3.13. The number of nitrogens with one attached hydrogen (secondary N) is 1. The predicted octanol–water partition coefficient (Wildman–Crippen LogP) is 1.24. The Morgan fingerprint density at radius 1 is 1.38 bits per heavy atom. The van der Waals surface area contributed by atoms with Crippen LogP contribution in [0.2, 0.25) is 0 Å². The number of hydrogen-bond acceptors (Lipinski definition) is 7. The van der Waals surface area contributed by atoms with Crippen LogP contribution < -0.4 is 5.32 Å². The Balaban J connectivity index is 1.72. The molecule has 0 saturated carbocycles. The maximum Gasteiger partial charge on any atom is 0.310 e. The van der Waals surface area contributed by atoms with E-state index in [0.717, 1.165) is 10.1 Å². The van der Waals surface area contributed by atoms with Crippen molar-refractivity contribution in [3.63, 3.8) is 0 Å². The maximum atomic E-state index is 12.3. The zero-order valence-electron chi connectivity index (χ0n) is 11.1. The van der Waals surface area contributed by atoms with Crippen molar-refractivity contribution >= 4 is 40.1 Å². The largest absolute Gasteiger partial charge is 0.481 e. The minimum Gasteiger partial charge on any atom is -0.481 e. The number of rotatable bonds is 5. The van der Waals surface area contributed by atoms with E-state index in [4.69, 9.17) is 4.74 Å². The summed E-state index contributed by atoms with van der Waals surface area (Å²) in [4.78, 5) is 23.7. The van der Waals surface area contributed by atoms with E-state index in [-0.39, 0.29) is 5.91 Å². The van der Waals surface area contributed by atoms with Crippen LogP contribution >= 0.6 is 23.1 Å². The van der Waals surface area contributed by atoms with Gasteiger partial charge in [0.15, 0.2) is 4.34 Å². The summed E-state index contributed by atoms with van der Waals surface area (Å²) in [6.45, 7) is 2.00. The van der Waals surface area contributed by atoms with Crippen molar-refractivity contribution < 1.29 is 19.4 Å². The van der Waals surface area contributed by atoms with Gasteiger partial charge >= 0.3 is 5.97 Å². The van der Waals surface area contributed by atoms with E-state index < -0.39 is 30.0 Å². The Hall–Kier alpha value is -1.45. The second kappa shape index (κ2) is 5.74. The summed E-state index contributed by atoms with van der Waals surface area (Å²) in [6, 6.07) is 0. The van der Waals surface area contributed by atoms with E-state index in [9.17, 15) is 14.7 Å². The lowest BCUT2D eigenvalue weighted by Gasteiger charge is -2.20. The van der Waals surface area contributed by atoms with Crippen LogP contribution in [0.15, 0.2) is 16.5 Å². The summed E-state index contributed by atoms with van der Waals surface area (Å²) in [5.74, 6) is -2.12. The summed E-state index contributed by atoms with van der Waals surface area (Å²) in [5.41, 5.74) is 0. The Bertz CT molecular complexity index is 603. The first-order valence-corrected chi connectivity index (χ1v) is 8.24. The van der Waals surface area contributed by atoms with Crippen molar-refractivity contribution in [3.05, 3.63) is 12.2 Å². The van der Waals surface area contributed by atoms with Crippen LogP contribution in [0.25, 0.3) is 0 Å². The number of amides is 1. The van der Waals surface area contributed by atoms with E-state index in [1.807, 2.05) is 6.92 Å². The van der Waals surface area contributed by atoms with Crippen molar-refractivity contribution in [3.8, 4) is 0 Å². The van der Waals surface area contributed by atoms with E-state index in [1.165, 1.54) is 23.1 Å². The van der Waals surface area contributed by atoms with E-state index >= 15 is 0 Å². The molecule has 4 unspecified atom stereocenters. The molecule has 2 aliphatic rings. The highest BCUT2D eigenvalue weighted by molar-refractivity contribution is 8.01. The third-order valence-electron chi connectivity index (χ3n) is 3.39. The monoisotopic (exact) mass is 327 g/mol. The molecule has 0 aliphatic carbocycles. The molecule has 2 bridgehead atoms. The molecule has 21 heavy (non-hydrogen) atoms. The molecule has 1 saturated heterocycles. The zero-order chi connectivity index (χ0) is 15.0. The van der Waals surface area contributed by atoms with Gasteiger partial charge in [-0.2, -0.15) is 0 Å². The number of anilines is 1. The standard InChI is InChI=1S/C12H13N3O4S2/c1-2-20-12-15-14-11(21-12)13-9(16)7-5-3-4-6(19-5)8(7)10(17)18/h3-8H,2H2,1H3,(H,17,18)(H,13,14,16). The summed E-state index contributed by atoms with van der Waals surface area (Å²) in [7, 11) is 0. The third-order valence-corrected chi connectivity index (χ3v) is 5.25. The van der Waals surface area contributed by atoms with Crippen LogP contribution in [0.5, 0.6) is 0 Å². The van der Waals surface area contributed by atoms with Gasteiger partial charge in [0.25, 0.3) is 0 Å². The molecule has 2 aliphatic heterocycles. The van der Waals surface area contributed by atoms with Crippen molar-refractivity contribution in [1.82, 2.24) is 10.2 Å². The topological polar surface area (TPSA) is 101 Å². The summed E-state index contributed by atoms with van der Waals surface area (Å²) in [6.07, 6.45) is 2.44. The molecule has 7 nitrogen and oxygen atoms in total. The number of fused-ring (bicyclic) bond motifs is 2. The molecule has 0 aromatic carbocycles. The van der Waals surface area contributed by atoms with E-state index in [1.54, 1.807) is 12.2 Å². The minimum absolute atomic E-state index is 0.381.